The number of nitrogens with zero attached hydrogens (tertiary/aromatic N) is 4. The minimum absolute atomic E-state index is 0.00140. The highest BCUT2D eigenvalue weighted by Crippen LogP contribution is 2.33. The lowest BCUT2D eigenvalue weighted by atomic mass is 10.0. The molecular formula is C24H31N5O3. The monoisotopic (exact) mass is 437 g/mol. The smallest absolute Gasteiger partial charge is 0.260 e. The topological polar surface area (TPSA) is 87.7 Å². The molecule has 1 fully saturated rings. The van der Waals surface area contributed by atoms with E-state index in [9.17, 15) is 9.59 Å². The fourth-order valence-corrected chi connectivity index (χ4v) is 4.68. The summed E-state index contributed by atoms with van der Waals surface area (Å²) >= 11 is 0. The molecule has 170 valence electrons. The molecule has 0 bridgehead atoms. The highest BCUT2D eigenvalue weighted by molar-refractivity contribution is 5.78. The fraction of sp³-hybridized carbons (Fsp3) is 0.500. The van der Waals surface area contributed by atoms with Crippen LogP contribution in [0, 0.1) is 13.8 Å². The van der Waals surface area contributed by atoms with E-state index in [1.54, 1.807) is 11.8 Å². The van der Waals surface area contributed by atoms with Gasteiger partial charge < -0.3 is 19.9 Å². The number of aromatic nitrogens is 2. The molecule has 0 aliphatic carbocycles. The van der Waals surface area contributed by atoms with E-state index in [4.69, 9.17) is 14.7 Å². The number of rotatable bonds is 5. The first kappa shape index (κ1) is 22.0. The number of hydrogen-bond acceptors (Lipinski definition) is 6. The molecule has 1 aromatic carbocycles. The van der Waals surface area contributed by atoms with Crippen LogP contribution in [0.2, 0.25) is 0 Å². The molecule has 0 radical (unpaired) electrons. The van der Waals surface area contributed by atoms with Crippen molar-refractivity contribution in [3.63, 3.8) is 0 Å². The number of amides is 2. The fourth-order valence-electron chi connectivity index (χ4n) is 4.68. The van der Waals surface area contributed by atoms with Gasteiger partial charge in [0.25, 0.3) is 5.91 Å². The zero-order valence-corrected chi connectivity index (χ0v) is 19.3. The van der Waals surface area contributed by atoms with Crippen molar-refractivity contribution >= 4 is 17.6 Å². The molecule has 1 saturated heterocycles. The lowest BCUT2D eigenvalue weighted by Crippen LogP contribution is -2.40. The van der Waals surface area contributed by atoms with Crippen LogP contribution in [0.5, 0.6) is 5.75 Å². The zero-order valence-electron chi connectivity index (χ0n) is 19.3. The van der Waals surface area contributed by atoms with Gasteiger partial charge in [-0.25, -0.2) is 9.97 Å². The second-order valence-electron chi connectivity index (χ2n) is 8.55. The predicted molar refractivity (Wildman–Crippen MR) is 121 cm³/mol. The summed E-state index contributed by atoms with van der Waals surface area (Å²) in [5.41, 5.74) is 3.93. The number of aryl methyl sites for hydroxylation is 2. The number of anilines is 1. The molecule has 1 atom stereocenters. The van der Waals surface area contributed by atoms with Crippen LogP contribution in [0.3, 0.4) is 0 Å². The molecule has 0 spiro atoms. The average molecular weight is 438 g/mol. The summed E-state index contributed by atoms with van der Waals surface area (Å²) in [6.45, 7) is 7.30. The van der Waals surface area contributed by atoms with E-state index in [-0.39, 0.29) is 24.5 Å². The van der Waals surface area contributed by atoms with Crippen molar-refractivity contribution < 1.29 is 14.3 Å². The number of hydrogen-bond donors (Lipinski definition) is 1. The minimum Gasteiger partial charge on any atom is -0.483 e. The molecule has 2 aliphatic heterocycles. The van der Waals surface area contributed by atoms with Crippen LogP contribution in [0.1, 0.15) is 54.0 Å². The number of likely N-dealkylation sites (tertiary alicyclic amines) is 1. The number of carbonyl (C=O) groups excluding carboxylic acids is 2. The van der Waals surface area contributed by atoms with Gasteiger partial charge in [0.1, 0.15) is 11.6 Å². The predicted octanol–water partition coefficient (Wildman–Crippen LogP) is 2.78. The number of carbonyl (C=O) groups is 2. The summed E-state index contributed by atoms with van der Waals surface area (Å²) in [4.78, 5) is 38.2. The standard InChI is InChI=1S/C24H31N5O3/c1-15-7-5-8-16(2)22(15)32-14-21(31)28-12-10-18-19(13-28)26-24(27-23(18)25-4)20-9-6-11-29(20)17(3)30/h5,7-8,20H,6,9-14H2,1-4H3,(H,25,26,27)/t20-/m0/s1. The summed E-state index contributed by atoms with van der Waals surface area (Å²) < 4.78 is 5.88. The number of nitrogens with one attached hydrogen (secondary N) is 1. The highest BCUT2D eigenvalue weighted by Gasteiger charge is 2.33. The van der Waals surface area contributed by atoms with Gasteiger partial charge in [-0.05, 0) is 44.2 Å². The summed E-state index contributed by atoms with van der Waals surface area (Å²) in [5, 5.41) is 3.18. The molecule has 32 heavy (non-hydrogen) atoms. The van der Waals surface area contributed by atoms with E-state index in [1.165, 1.54) is 0 Å². The van der Waals surface area contributed by atoms with Crippen LogP contribution >= 0.6 is 0 Å². The molecule has 3 heterocycles. The lowest BCUT2D eigenvalue weighted by molar-refractivity contribution is -0.134. The van der Waals surface area contributed by atoms with Crippen LogP contribution in [0.25, 0.3) is 0 Å². The second kappa shape index (κ2) is 9.14. The first-order chi connectivity index (χ1) is 15.4. The van der Waals surface area contributed by atoms with Crippen LogP contribution in [-0.2, 0) is 22.6 Å². The second-order valence-corrected chi connectivity index (χ2v) is 8.55. The molecule has 4 rings (SSSR count). The Bertz CT molecular complexity index is 1020. The van der Waals surface area contributed by atoms with Crippen LogP contribution in [0.4, 0.5) is 5.82 Å². The van der Waals surface area contributed by atoms with Crippen molar-refractivity contribution in [3.05, 3.63) is 46.4 Å². The summed E-state index contributed by atoms with van der Waals surface area (Å²) in [7, 11) is 1.85. The summed E-state index contributed by atoms with van der Waals surface area (Å²) in [6.07, 6.45) is 2.48. The van der Waals surface area contributed by atoms with E-state index >= 15 is 0 Å². The Morgan fingerprint density at radius 3 is 2.62 bits per heavy atom. The van der Waals surface area contributed by atoms with Crippen molar-refractivity contribution in [2.24, 2.45) is 0 Å². The maximum atomic E-state index is 12.9. The molecule has 1 N–H and O–H groups in total. The van der Waals surface area contributed by atoms with Gasteiger partial charge in [0.15, 0.2) is 12.4 Å². The van der Waals surface area contributed by atoms with Gasteiger partial charge in [-0.1, -0.05) is 18.2 Å². The molecule has 0 saturated carbocycles. The Morgan fingerprint density at radius 2 is 1.94 bits per heavy atom. The third-order valence-electron chi connectivity index (χ3n) is 6.38. The third-order valence-corrected chi connectivity index (χ3v) is 6.38. The Labute approximate surface area is 189 Å². The molecule has 2 aliphatic rings. The Balaban J connectivity index is 1.52. The van der Waals surface area contributed by atoms with E-state index in [0.29, 0.717) is 25.3 Å². The van der Waals surface area contributed by atoms with Crippen LogP contribution in [-0.4, -0.2) is 58.3 Å². The lowest BCUT2D eigenvalue weighted by Gasteiger charge is -2.30. The third kappa shape index (κ3) is 4.26. The number of benzene rings is 1. The molecule has 2 amide bonds. The van der Waals surface area contributed by atoms with Gasteiger partial charge in [0.2, 0.25) is 5.91 Å². The normalized spacial score (nSPS) is 17.8. The molecule has 8 heteroatoms. The van der Waals surface area contributed by atoms with Gasteiger partial charge in [-0.2, -0.15) is 0 Å². The van der Waals surface area contributed by atoms with E-state index in [2.05, 4.69) is 5.32 Å². The Morgan fingerprint density at radius 1 is 1.19 bits per heavy atom. The Hall–Kier alpha value is -3.16. The van der Waals surface area contributed by atoms with Crippen molar-refractivity contribution in [2.75, 3.05) is 32.1 Å². The maximum Gasteiger partial charge on any atom is 0.260 e. The van der Waals surface area contributed by atoms with Crippen LogP contribution in [0.15, 0.2) is 18.2 Å². The largest absolute Gasteiger partial charge is 0.483 e. The first-order valence-corrected chi connectivity index (χ1v) is 11.2. The molecule has 2 aromatic rings. The molecular weight excluding hydrogens is 406 g/mol. The van der Waals surface area contributed by atoms with Crippen LogP contribution < -0.4 is 10.1 Å². The van der Waals surface area contributed by atoms with Gasteiger partial charge in [-0.3, -0.25) is 9.59 Å². The average Bonchev–Trinajstić information content (AvgIpc) is 3.28. The number of ether oxygens (including phenoxy) is 1. The zero-order chi connectivity index (χ0) is 22.8. The maximum absolute atomic E-state index is 12.9. The SMILES string of the molecule is CNc1nc([C@@H]2CCCN2C(C)=O)nc2c1CCN(C(=O)COc1c(C)cccc1C)C2. The van der Waals surface area contributed by atoms with Gasteiger partial charge in [0.05, 0.1) is 18.3 Å². The van der Waals surface area contributed by atoms with Crippen molar-refractivity contribution in [1.29, 1.82) is 0 Å². The van der Waals surface area contributed by atoms with E-state index < -0.39 is 0 Å². The van der Waals surface area contributed by atoms with Gasteiger partial charge in [0, 0.05) is 32.6 Å². The summed E-state index contributed by atoms with van der Waals surface area (Å²) in [6, 6.07) is 5.84. The van der Waals surface area contributed by atoms with E-state index in [0.717, 1.165) is 53.3 Å². The number of para-hydroxylation sites is 1. The minimum atomic E-state index is -0.108. The Kier molecular flexibility index (Phi) is 6.30. The van der Waals surface area contributed by atoms with Crippen molar-refractivity contribution in [2.45, 2.75) is 52.6 Å². The van der Waals surface area contributed by atoms with Gasteiger partial charge >= 0.3 is 0 Å². The number of fused-ring (bicyclic) bond motifs is 1. The summed E-state index contributed by atoms with van der Waals surface area (Å²) in [5.74, 6) is 2.20. The van der Waals surface area contributed by atoms with Crippen molar-refractivity contribution in [1.82, 2.24) is 19.8 Å². The quantitative estimate of drug-likeness (QED) is 0.774. The molecule has 1 aromatic heterocycles. The van der Waals surface area contributed by atoms with Gasteiger partial charge in [-0.15, -0.1) is 0 Å². The molecule has 0 unspecified atom stereocenters. The van der Waals surface area contributed by atoms with Crippen molar-refractivity contribution in [3.8, 4) is 5.75 Å². The van der Waals surface area contributed by atoms with E-state index in [1.807, 2.05) is 44.0 Å². The highest BCUT2D eigenvalue weighted by atomic mass is 16.5. The first-order valence-electron chi connectivity index (χ1n) is 11.2. The molecule has 8 nitrogen and oxygen atoms in total.